The summed E-state index contributed by atoms with van der Waals surface area (Å²) in [6, 6.07) is 4.70. The van der Waals surface area contributed by atoms with Crippen LogP contribution in [-0.2, 0) is 9.84 Å². The van der Waals surface area contributed by atoms with Crippen LogP contribution in [-0.4, -0.2) is 32.0 Å². The summed E-state index contributed by atoms with van der Waals surface area (Å²) in [5, 5.41) is 5.35. The third-order valence-corrected chi connectivity index (χ3v) is 5.70. The van der Waals surface area contributed by atoms with Crippen molar-refractivity contribution in [3.05, 3.63) is 27.1 Å². The molecule has 1 fully saturated rings. The highest BCUT2D eigenvalue weighted by Gasteiger charge is 2.28. The summed E-state index contributed by atoms with van der Waals surface area (Å²) < 4.78 is 24.2. The first-order chi connectivity index (χ1) is 8.85. The lowest BCUT2D eigenvalue weighted by Crippen LogP contribution is -2.38. The molecule has 2 N–H and O–H groups in total. The fourth-order valence-electron chi connectivity index (χ4n) is 1.85. The average Bonchev–Trinajstić information content (AvgIpc) is 2.63. The Morgan fingerprint density at radius 2 is 2.05 bits per heavy atom. The third kappa shape index (κ3) is 4.19. The van der Waals surface area contributed by atoms with Crippen molar-refractivity contribution in [2.45, 2.75) is 12.5 Å². The van der Waals surface area contributed by atoms with Gasteiger partial charge in [0.2, 0.25) is 0 Å². The number of carbonyl (C=O) groups excluding carboxylic acids is 1. The summed E-state index contributed by atoms with van der Waals surface area (Å²) in [6.45, 7) is 0. The molecule has 0 aromatic heterocycles. The normalized spacial score (nSPS) is 21.1. The predicted molar refractivity (Wildman–Crippen MR) is 81.1 cm³/mol. The van der Waals surface area contributed by atoms with Crippen LogP contribution in [0.5, 0.6) is 0 Å². The Kier molecular flexibility index (Phi) is 4.52. The van der Waals surface area contributed by atoms with E-state index < -0.39 is 15.9 Å². The van der Waals surface area contributed by atoms with Crippen molar-refractivity contribution in [1.82, 2.24) is 5.32 Å². The maximum absolute atomic E-state index is 11.8. The highest BCUT2D eigenvalue weighted by molar-refractivity contribution is 9.11. The van der Waals surface area contributed by atoms with Crippen LogP contribution in [0.4, 0.5) is 10.5 Å². The summed E-state index contributed by atoms with van der Waals surface area (Å²) in [5.41, 5.74) is 0.618. The molecule has 0 saturated carbocycles. The monoisotopic (exact) mass is 410 g/mol. The van der Waals surface area contributed by atoms with Gasteiger partial charge in [0.1, 0.15) is 0 Å². The lowest BCUT2D eigenvalue weighted by atomic mass is 10.3. The van der Waals surface area contributed by atoms with Crippen molar-refractivity contribution >= 4 is 53.4 Å². The van der Waals surface area contributed by atoms with Crippen molar-refractivity contribution in [3.8, 4) is 0 Å². The first-order valence-electron chi connectivity index (χ1n) is 5.59. The molecular formula is C11H12Br2N2O3S. The van der Waals surface area contributed by atoms with Gasteiger partial charge in [0.25, 0.3) is 0 Å². The maximum Gasteiger partial charge on any atom is 0.319 e. The fraction of sp³-hybridized carbons (Fsp3) is 0.364. The van der Waals surface area contributed by atoms with E-state index in [0.717, 1.165) is 8.95 Å². The lowest BCUT2D eigenvalue weighted by Gasteiger charge is -2.13. The zero-order valence-corrected chi connectivity index (χ0v) is 13.8. The van der Waals surface area contributed by atoms with Crippen LogP contribution in [0.3, 0.4) is 0 Å². The van der Waals surface area contributed by atoms with Gasteiger partial charge in [-0.15, -0.1) is 0 Å². The minimum atomic E-state index is -2.99. The summed E-state index contributed by atoms with van der Waals surface area (Å²) in [7, 11) is -2.99. The second kappa shape index (κ2) is 5.80. The van der Waals surface area contributed by atoms with E-state index in [1.165, 1.54) is 0 Å². The number of rotatable bonds is 2. The first-order valence-corrected chi connectivity index (χ1v) is 8.99. The topological polar surface area (TPSA) is 75.3 Å². The van der Waals surface area contributed by atoms with Gasteiger partial charge in [-0.2, -0.15) is 0 Å². The number of sulfone groups is 1. The molecule has 0 aliphatic carbocycles. The molecule has 5 nitrogen and oxygen atoms in total. The Balaban J connectivity index is 1.97. The van der Waals surface area contributed by atoms with E-state index in [2.05, 4.69) is 42.5 Å². The molecule has 0 radical (unpaired) electrons. The van der Waals surface area contributed by atoms with E-state index in [9.17, 15) is 13.2 Å². The van der Waals surface area contributed by atoms with Gasteiger partial charge >= 0.3 is 6.03 Å². The molecule has 1 heterocycles. The number of urea groups is 1. The van der Waals surface area contributed by atoms with Gasteiger partial charge in [0.05, 0.1) is 17.2 Å². The van der Waals surface area contributed by atoms with Gasteiger partial charge < -0.3 is 10.6 Å². The Morgan fingerprint density at radius 1 is 1.32 bits per heavy atom. The molecule has 2 rings (SSSR count). The molecule has 1 aliphatic rings. The van der Waals surface area contributed by atoms with Gasteiger partial charge in [0.15, 0.2) is 9.84 Å². The quantitative estimate of drug-likeness (QED) is 0.784. The number of benzene rings is 1. The van der Waals surface area contributed by atoms with E-state index in [0.29, 0.717) is 12.1 Å². The number of nitrogens with one attached hydrogen (secondary N) is 2. The van der Waals surface area contributed by atoms with E-state index in [-0.39, 0.29) is 17.5 Å². The van der Waals surface area contributed by atoms with Crippen LogP contribution in [0.15, 0.2) is 27.1 Å². The van der Waals surface area contributed by atoms with Crippen molar-refractivity contribution in [2.24, 2.45) is 0 Å². The molecule has 1 unspecified atom stereocenters. The summed E-state index contributed by atoms with van der Waals surface area (Å²) >= 11 is 6.65. The highest BCUT2D eigenvalue weighted by Crippen LogP contribution is 2.26. The van der Waals surface area contributed by atoms with Gasteiger partial charge in [0, 0.05) is 15.0 Å². The number of hydrogen-bond donors (Lipinski definition) is 2. The second-order valence-corrected chi connectivity index (χ2v) is 8.32. The van der Waals surface area contributed by atoms with E-state index in [4.69, 9.17) is 0 Å². The number of halogens is 2. The Bertz CT molecular complexity index is 604. The fourth-order valence-corrected chi connectivity index (χ4v) is 4.23. The molecule has 1 atom stereocenters. The Morgan fingerprint density at radius 3 is 2.68 bits per heavy atom. The molecule has 104 valence electrons. The van der Waals surface area contributed by atoms with Crippen LogP contribution in [0.2, 0.25) is 0 Å². The van der Waals surface area contributed by atoms with E-state index in [1.54, 1.807) is 12.1 Å². The molecular weight excluding hydrogens is 400 g/mol. The van der Waals surface area contributed by atoms with Crippen molar-refractivity contribution < 1.29 is 13.2 Å². The highest BCUT2D eigenvalue weighted by atomic mass is 79.9. The second-order valence-electron chi connectivity index (χ2n) is 4.32. The third-order valence-electron chi connectivity index (χ3n) is 2.74. The minimum absolute atomic E-state index is 0.0140. The SMILES string of the molecule is O=C(Nc1cc(Br)ccc1Br)NC1CCS(=O)(=O)C1. The molecule has 0 bridgehead atoms. The molecule has 2 amide bonds. The Labute approximate surface area is 128 Å². The van der Waals surface area contributed by atoms with Crippen molar-refractivity contribution in [2.75, 3.05) is 16.8 Å². The van der Waals surface area contributed by atoms with Crippen LogP contribution >= 0.6 is 31.9 Å². The van der Waals surface area contributed by atoms with Gasteiger partial charge in [-0.1, -0.05) is 15.9 Å². The van der Waals surface area contributed by atoms with Gasteiger partial charge in [-0.3, -0.25) is 0 Å². The summed E-state index contributed by atoms with van der Waals surface area (Å²) in [4.78, 5) is 11.8. The first kappa shape index (κ1) is 14.8. The van der Waals surface area contributed by atoms with Crippen molar-refractivity contribution in [3.63, 3.8) is 0 Å². The summed E-state index contributed by atoms with van der Waals surface area (Å²) in [6.07, 6.45) is 0.468. The van der Waals surface area contributed by atoms with Crippen LogP contribution in [0, 0.1) is 0 Å². The molecule has 19 heavy (non-hydrogen) atoms. The number of anilines is 1. The largest absolute Gasteiger partial charge is 0.334 e. The van der Waals surface area contributed by atoms with Gasteiger partial charge in [-0.05, 0) is 40.5 Å². The maximum atomic E-state index is 11.8. The molecule has 1 aliphatic heterocycles. The van der Waals surface area contributed by atoms with Crippen LogP contribution in [0.25, 0.3) is 0 Å². The molecule has 1 aromatic rings. The van der Waals surface area contributed by atoms with Crippen LogP contribution < -0.4 is 10.6 Å². The number of carbonyl (C=O) groups is 1. The van der Waals surface area contributed by atoms with E-state index >= 15 is 0 Å². The lowest BCUT2D eigenvalue weighted by molar-refractivity contribution is 0.249. The van der Waals surface area contributed by atoms with E-state index in [1.807, 2.05) is 6.07 Å². The number of amides is 2. The van der Waals surface area contributed by atoms with Crippen LogP contribution in [0.1, 0.15) is 6.42 Å². The smallest absolute Gasteiger partial charge is 0.319 e. The zero-order chi connectivity index (χ0) is 14.0. The average molecular weight is 412 g/mol. The minimum Gasteiger partial charge on any atom is -0.334 e. The molecule has 1 saturated heterocycles. The standard InChI is InChI=1S/C11H12Br2N2O3S/c12-7-1-2-9(13)10(5-7)15-11(16)14-8-3-4-19(17,18)6-8/h1-2,5,8H,3-4,6H2,(H2,14,15,16). The predicted octanol–water partition coefficient (Wildman–Crippen LogP) is 2.52. The summed E-state index contributed by atoms with van der Waals surface area (Å²) in [5.74, 6) is 0.151. The molecule has 0 spiro atoms. The molecule has 1 aromatic carbocycles. The van der Waals surface area contributed by atoms with Gasteiger partial charge in [-0.25, -0.2) is 13.2 Å². The number of hydrogen-bond acceptors (Lipinski definition) is 3. The zero-order valence-electron chi connectivity index (χ0n) is 9.82. The Hall–Kier alpha value is -0.600. The van der Waals surface area contributed by atoms with Crippen molar-refractivity contribution in [1.29, 1.82) is 0 Å². The molecule has 8 heteroatoms.